The van der Waals surface area contributed by atoms with Crippen molar-refractivity contribution in [1.82, 2.24) is 4.90 Å². The summed E-state index contributed by atoms with van der Waals surface area (Å²) in [6, 6.07) is 0. The molecule has 2 heterocycles. The number of rotatable bonds is 1. The molecule has 0 radical (unpaired) electrons. The Balaban J connectivity index is 1.42. The van der Waals surface area contributed by atoms with E-state index < -0.39 is 22.9 Å². The van der Waals surface area contributed by atoms with Gasteiger partial charge in [0.25, 0.3) is 5.24 Å². The maximum atomic E-state index is 13.9. The summed E-state index contributed by atoms with van der Waals surface area (Å²) in [4.78, 5) is 40.0. The van der Waals surface area contributed by atoms with E-state index in [1.807, 2.05) is 13.8 Å². The second kappa shape index (κ2) is 6.64. The fourth-order valence-electron chi connectivity index (χ4n) is 8.34. The number of carbonyl (C=O) groups is 3. The van der Waals surface area contributed by atoms with Crippen molar-refractivity contribution in [2.75, 3.05) is 14.1 Å². The van der Waals surface area contributed by atoms with Crippen LogP contribution in [0.3, 0.4) is 0 Å². The van der Waals surface area contributed by atoms with Gasteiger partial charge in [-0.15, -0.1) is 0 Å². The van der Waals surface area contributed by atoms with Crippen molar-refractivity contribution in [1.29, 1.82) is 0 Å². The monoisotopic (exact) mass is 487 g/mol. The summed E-state index contributed by atoms with van der Waals surface area (Å²) in [7, 11) is 3.30. The topological polar surface area (TPSA) is 85.4 Å². The Hall–Kier alpha value is -1.48. The number of thioether (sulfide) groups is 1. The molecule has 3 saturated carbocycles. The minimum Gasteiger partial charge on any atom is -0.364 e. The van der Waals surface area contributed by atoms with Gasteiger partial charge in [0.2, 0.25) is 5.12 Å². The minimum atomic E-state index is -1.20. The predicted molar refractivity (Wildman–Crippen MR) is 126 cm³/mol. The lowest BCUT2D eigenvalue weighted by atomic mass is 9.47. The largest absolute Gasteiger partial charge is 0.364 e. The van der Waals surface area contributed by atoms with Crippen LogP contribution < -0.4 is 0 Å². The maximum absolute atomic E-state index is 13.9. The molecule has 0 aromatic heterocycles. The fraction of sp³-hybridized carbons (Fsp3) is 0.731. The molecule has 7 nitrogen and oxygen atoms in total. The summed E-state index contributed by atoms with van der Waals surface area (Å²) in [6.45, 7) is 8.05. The third-order valence-corrected chi connectivity index (χ3v) is 10.8. The van der Waals surface area contributed by atoms with Crippen molar-refractivity contribution in [3.8, 4) is 0 Å². The highest BCUT2D eigenvalue weighted by atomic mass is 32.2. The van der Waals surface area contributed by atoms with Crippen molar-refractivity contribution in [3.63, 3.8) is 0 Å². The lowest BCUT2D eigenvalue weighted by molar-refractivity contribution is -0.206. The normalized spacial score (nSPS) is 49.2. The second-order valence-corrected chi connectivity index (χ2v) is 12.9. The Labute approximate surface area is 204 Å². The van der Waals surface area contributed by atoms with Gasteiger partial charge in [-0.05, 0) is 70.4 Å². The third kappa shape index (κ3) is 2.53. The zero-order chi connectivity index (χ0) is 24.5. The fourth-order valence-corrected chi connectivity index (χ4v) is 9.24. The van der Waals surface area contributed by atoms with Crippen LogP contribution in [-0.4, -0.2) is 64.3 Å². The molecule has 2 saturated heterocycles. The van der Waals surface area contributed by atoms with Crippen molar-refractivity contribution in [3.05, 3.63) is 23.8 Å². The first-order chi connectivity index (χ1) is 15.8. The number of hydrogen-bond donors (Lipinski definition) is 0. The van der Waals surface area contributed by atoms with Crippen LogP contribution in [0.1, 0.15) is 53.4 Å². The van der Waals surface area contributed by atoms with E-state index in [2.05, 4.69) is 19.9 Å². The predicted octanol–water partition coefficient (Wildman–Crippen LogP) is 3.87. The molecule has 2 aliphatic heterocycles. The van der Waals surface area contributed by atoms with E-state index in [4.69, 9.17) is 14.2 Å². The van der Waals surface area contributed by atoms with Crippen LogP contribution >= 0.6 is 11.8 Å². The van der Waals surface area contributed by atoms with Crippen LogP contribution in [0.4, 0.5) is 4.79 Å². The van der Waals surface area contributed by atoms with Gasteiger partial charge >= 0.3 is 0 Å². The Morgan fingerprint density at radius 3 is 2.53 bits per heavy atom. The molecule has 5 fully saturated rings. The van der Waals surface area contributed by atoms with Crippen LogP contribution in [0.15, 0.2) is 23.8 Å². The SMILES string of the molecule is CN(C)C(=O)SC(=O)[C@@]12OC(C)(C)O[C@@H]1CC1C3CCC4=CC(=O)C=CC4(C)[C@@]34O[C@@H]4CC12C. The highest BCUT2D eigenvalue weighted by Crippen LogP contribution is 2.77. The molecule has 1 spiro atoms. The first-order valence-electron chi connectivity index (χ1n) is 12.2. The second-order valence-electron chi connectivity index (χ2n) is 12.0. The molecule has 6 aliphatic rings. The molecular formula is C26H33NO6S. The summed E-state index contributed by atoms with van der Waals surface area (Å²) in [5, 5.41) is -0.561. The minimum absolute atomic E-state index is 0.0319. The van der Waals surface area contributed by atoms with Crippen LogP contribution in [-0.2, 0) is 23.8 Å². The van der Waals surface area contributed by atoms with Gasteiger partial charge in [-0.2, -0.15) is 0 Å². The van der Waals surface area contributed by atoms with Crippen molar-refractivity contribution < 1.29 is 28.6 Å². The summed E-state index contributed by atoms with van der Waals surface area (Å²) < 4.78 is 19.6. The van der Waals surface area contributed by atoms with E-state index in [1.54, 1.807) is 26.2 Å². The summed E-state index contributed by atoms with van der Waals surface area (Å²) >= 11 is 0.732. The zero-order valence-electron chi connectivity index (χ0n) is 20.7. The highest BCUT2D eigenvalue weighted by Gasteiger charge is 2.84. The van der Waals surface area contributed by atoms with Crippen molar-refractivity contribution in [2.24, 2.45) is 22.7 Å². The number of ketones is 1. The molecule has 8 atom stereocenters. The van der Waals surface area contributed by atoms with E-state index in [9.17, 15) is 14.4 Å². The highest BCUT2D eigenvalue weighted by molar-refractivity contribution is 8.26. The molecule has 1 amide bonds. The molecule has 8 heteroatoms. The molecular weight excluding hydrogens is 454 g/mol. The number of epoxide rings is 1. The third-order valence-electron chi connectivity index (χ3n) is 9.77. The van der Waals surface area contributed by atoms with Crippen LogP contribution in [0.5, 0.6) is 0 Å². The van der Waals surface area contributed by atoms with Gasteiger partial charge in [-0.3, -0.25) is 14.4 Å². The molecule has 0 aromatic rings. The van der Waals surface area contributed by atoms with E-state index in [1.165, 1.54) is 4.90 Å². The van der Waals surface area contributed by atoms with E-state index in [0.717, 1.165) is 30.2 Å². The summed E-state index contributed by atoms with van der Waals surface area (Å²) in [5.41, 5.74) is -1.24. The number of hydrogen-bond acceptors (Lipinski definition) is 7. The number of ether oxygens (including phenoxy) is 3. The van der Waals surface area contributed by atoms with Gasteiger partial charge in [-0.25, -0.2) is 0 Å². The van der Waals surface area contributed by atoms with Gasteiger partial charge in [0.1, 0.15) is 5.60 Å². The average molecular weight is 488 g/mol. The zero-order valence-corrected chi connectivity index (χ0v) is 21.5. The Kier molecular flexibility index (Phi) is 4.48. The Bertz CT molecular complexity index is 1080. The van der Waals surface area contributed by atoms with Crippen LogP contribution in [0.2, 0.25) is 0 Å². The van der Waals surface area contributed by atoms with E-state index in [-0.39, 0.29) is 45.1 Å². The van der Waals surface area contributed by atoms with Crippen molar-refractivity contribution in [2.45, 2.75) is 82.6 Å². The maximum Gasteiger partial charge on any atom is 0.288 e. The number of fused-ring (bicyclic) bond motifs is 5. The Morgan fingerprint density at radius 1 is 1.09 bits per heavy atom. The van der Waals surface area contributed by atoms with Gasteiger partial charge in [0, 0.05) is 36.7 Å². The lowest BCUT2D eigenvalue weighted by Crippen LogP contribution is -2.62. The molecule has 184 valence electrons. The number of allylic oxidation sites excluding steroid dienone is 2. The quantitative estimate of drug-likeness (QED) is 0.519. The van der Waals surface area contributed by atoms with Crippen molar-refractivity contribution >= 4 is 27.9 Å². The molecule has 0 bridgehead atoms. The Morgan fingerprint density at radius 2 is 1.82 bits per heavy atom. The van der Waals surface area contributed by atoms with Gasteiger partial charge < -0.3 is 19.1 Å². The number of carbonyl (C=O) groups excluding carboxylic acids is 3. The molecule has 0 N–H and O–H groups in total. The van der Waals surface area contributed by atoms with Crippen LogP contribution in [0.25, 0.3) is 0 Å². The van der Waals surface area contributed by atoms with Gasteiger partial charge in [-0.1, -0.05) is 18.6 Å². The van der Waals surface area contributed by atoms with E-state index >= 15 is 0 Å². The molecule has 4 aliphatic carbocycles. The number of nitrogens with zero attached hydrogens (tertiary/aromatic N) is 1. The van der Waals surface area contributed by atoms with Crippen LogP contribution in [0, 0.1) is 22.7 Å². The lowest BCUT2D eigenvalue weighted by Gasteiger charge is -2.55. The van der Waals surface area contributed by atoms with Gasteiger partial charge in [0.15, 0.2) is 17.2 Å². The summed E-state index contributed by atoms with van der Waals surface area (Å²) in [5.74, 6) is -0.491. The van der Waals surface area contributed by atoms with E-state index in [0.29, 0.717) is 12.8 Å². The average Bonchev–Trinajstić information content (AvgIpc) is 3.31. The first-order valence-corrected chi connectivity index (χ1v) is 13.1. The summed E-state index contributed by atoms with van der Waals surface area (Å²) in [6.07, 6.45) is 8.20. The molecule has 34 heavy (non-hydrogen) atoms. The molecule has 4 unspecified atom stereocenters. The smallest absolute Gasteiger partial charge is 0.288 e. The first kappa shape index (κ1) is 23.0. The van der Waals surface area contributed by atoms with Gasteiger partial charge in [0.05, 0.1) is 12.2 Å². The molecule has 6 rings (SSSR count). The standard InChI is InChI=1S/C26H33NO6S/c1-22(2)31-18-12-17-16-8-7-14-11-15(28)9-10-23(14,3)25(16)19(32-25)13-24(17,4)26(18,33-22)20(29)34-21(30)27(5)6/h9-11,16-19H,7-8,12-13H2,1-6H3/t16?,17?,18-,19-,23?,24?,25-,26+/m1/s1. The number of amides is 1. The molecule has 0 aromatic carbocycles.